The van der Waals surface area contributed by atoms with Crippen LogP contribution in [-0.2, 0) is 19.1 Å². The third-order valence-corrected chi connectivity index (χ3v) is 1.35. The number of aldehydes is 1. The number of esters is 1. The summed E-state index contributed by atoms with van der Waals surface area (Å²) in [6, 6.07) is 0. The molecule has 0 aromatic carbocycles. The van der Waals surface area contributed by atoms with Gasteiger partial charge in [-0.1, -0.05) is 0 Å². The summed E-state index contributed by atoms with van der Waals surface area (Å²) in [7, 11) is 0. The summed E-state index contributed by atoms with van der Waals surface area (Å²) in [6.45, 7) is 0.136. The van der Waals surface area contributed by atoms with Crippen molar-refractivity contribution < 1.29 is 37.4 Å². The molecule has 0 spiro atoms. The second-order valence-corrected chi connectivity index (χ2v) is 2.38. The molecular formula is C6H5F3O5. The van der Waals surface area contributed by atoms with E-state index in [1.807, 2.05) is 0 Å². The minimum absolute atomic E-state index is 0.136. The first-order valence-corrected chi connectivity index (χ1v) is 3.13. The topological polar surface area (TPSA) is 80.7 Å². The molecule has 0 bridgehead atoms. The van der Waals surface area contributed by atoms with Crippen molar-refractivity contribution >= 4 is 18.2 Å². The highest BCUT2D eigenvalue weighted by atomic mass is 19.4. The van der Waals surface area contributed by atoms with Crippen LogP contribution in [0, 0.1) is 0 Å². The number of carbonyl (C=O) groups is 3. The highest BCUT2D eigenvalue weighted by molar-refractivity contribution is 6.20. The van der Waals surface area contributed by atoms with E-state index in [0.717, 1.165) is 0 Å². The Balaban J connectivity index is 5.02. The highest BCUT2D eigenvalue weighted by Gasteiger charge is 2.61. The predicted octanol–water partition coefficient (Wildman–Crippen LogP) is 0.134. The standard InChI is InChI=1S/C6H5F3O5/c1-5(4(12)13,6(7,8)9)14-3(11)2-10/h2H,1H3,(H,12,13)/t5-/m1/s1. The van der Waals surface area contributed by atoms with Crippen molar-refractivity contribution in [2.75, 3.05) is 0 Å². The van der Waals surface area contributed by atoms with Gasteiger partial charge in [0, 0.05) is 0 Å². The average molecular weight is 214 g/mol. The smallest absolute Gasteiger partial charge is 0.439 e. The molecule has 0 fully saturated rings. The monoisotopic (exact) mass is 214 g/mol. The number of halogens is 3. The Morgan fingerprint density at radius 3 is 2.00 bits per heavy atom. The Kier molecular flexibility index (Phi) is 3.23. The Labute approximate surface area is 75.5 Å². The molecule has 0 aliphatic rings. The molecule has 8 heteroatoms. The summed E-state index contributed by atoms with van der Waals surface area (Å²) in [5.41, 5.74) is -3.70. The lowest BCUT2D eigenvalue weighted by atomic mass is 10.1. The minimum atomic E-state index is -5.29. The van der Waals surface area contributed by atoms with Crippen LogP contribution in [0.4, 0.5) is 13.2 Å². The fraction of sp³-hybridized carbons (Fsp3) is 0.500. The fourth-order valence-corrected chi connectivity index (χ4v) is 0.448. The maximum absolute atomic E-state index is 12.1. The summed E-state index contributed by atoms with van der Waals surface area (Å²) in [5.74, 6) is -4.30. The van der Waals surface area contributed by atoms with Gasteiger partial charge in [-0.3, -0.25) is 4.79 Å². The van der Waals surface area contributed by atoms with Gasteiger partial charge in [-0.15, -0.1) is 0 Å². The molecule has 1 atom stereocenters. The minimum Gasteiger partial charge on any atom is -0.478 e. The Hall–Kier alpha value is -1.60. The van der Waals surface area contributed by atoms with Crippen molar-refractivity contribution in [3.05, 3.63) is 0 Å². The quantitative estimate of drug-likeness (QED) is 0.410. The van der Waals surface area contributed by atoms with Gasteiger partial charge in [-0.25, -0.2) is 9.59 Å². The Morgan fingerprint density at radius 2 is 1.79 bits per heavy atom. The van der Waals surface area contributed by atoms with Gasteiger partial charge >= 0.3 is 18.1 Å². The molecule has 0 unspecified atom stereocenters. The second-order valence-electron chi connectivity index (χ2n) is 2.38. The van der Waals surface area contributed by atoms with Gasteiger partial charge < -0.3 is 9.84 Å². The molecular weight excluding hydrogens is 209 g/mol. The maximum atomic E-state index is 12.1. The molecule has 0 aromatic heterocycles. The normalized spacial score (nSPS) is 15.4. The van der Waals surface area contributed by atoms with Crippen molar-refractivity contribution in [3.8, 4) is 0 Å². The van der Waals surface area contributed by atoms with Crippen LogP contribution in [0.5, 0.6) is 0 Å². The predicted molar refractivity (Wildman–Crippen MR) is 34.3 cm³/mol. The van der Waals surface area contributed by atoms with Crippen molar-refractivity contribution in [3.63, 3.8) is 0 Å². The van der Waals surface area contributed by atoms with E-state index in [2.05, 4.69) is 4.74 Å². The van der Waals surface area contributed by atoms with Crippen molar-refractivity contribution in [1.29, 1.82) is 0 Å². The summed E-state index contributed by atoms with van der Waals surface area (Å²) >= 11 is 0. The molecule has 1 N–H and O–H groups in total. The van der Waals surface area contributed by atoms with Crippen molar-refractivity contribution in [2.24, 2.45) is 0 Å². The zero-order valence-corrected chi connectivity index (χ0v) is 6.79. The van der Waals surface area contributed by atoms with E-state index in [9.17, 15) is 27.6 Å². The van der Waals surface area contributed by atoms with Crippen LogP contribution in [0.2, 0.25) is 0 Å². The van der Waals surface area contributed by atoms with E-state index < -0.39 is 30.0 Å². The maximum Gasteiger partial charge on any atom is 0.439 e. The van der Waals surface area contributed by atoms with Gasteiger partial charge in [0.2, 0.25) is 6.29 Å². The molecule has 5 nitrogen and oxygen atoms in total. The molecule has 0 saturated carbocycles. The van der Waals surface area contributed by atoms with Crippen LogP contribution < -0.4 is 0 Å². The van der Waals surface area contributed by atoms with E-state index in [1.54, 1.807) is 0 Å². The van der Waals surface area contributed by atoms with Gasteiger partial charge in [0.15, 0.2) is 0 Å². The summed E-state index contributed by atoms with van der Waals surface area (Å²) in [4.78, 5) is 30.1. The third-order valence-electron chi connectivity index (χ3n) is 1.35. The fourth-order valence-electron chi connectivity index (χ4n) is 0.448. The number of ether oxygens (including phenoxy) is 1. The van der Waals surface area contributed by atoms with Crippen LogP contribution in [0.3, 0.4) is 0 Å². The molecule has 0 aromatic rings. The van der Waals surface area contributed by atoms with Crippen LogP contribution in [0.25, 0.3) is 0 Å². The number of alkyl halides is 3. The molecule has 0 saturated heterocycles. The van der Waals surface area contributed by atoms with Crippen LogP contribution in [-0.4, -0.2) is 35.1 Å². The van der Waals surface area contributed by atoms with Gasteiger partial charge in [0.1, 0.15) is 0 Å². The van der Waals surface area contributed by atoms with E-state index in [-0.39, 0.29) is 6.92 Å². The first-order chi connectivity index (χ1) is 6.15. The number of rotatable bonds is 3. The number of carbonyl (C=O) groups excluding carboxylic acids is 2. The first kappa shape index (κ1) is 12.4. The first-order valence-electron chi connectivity index (χ1n) is 3.13. The highest BCUT2D eigenvalue weighted by Crippen LogP contribution is 2.33. The lowest BCUT2D eigenvalue weighted by Crippen LogP contribution is -2.53. The molecule has 0 rings (SSSR count). The zero-order valence-electron chi connectivity index (χ0n) is 6.79. The molecule has 0 radical (unpaired) electrons. The SMILES string of the molecule is C[C@@](OC(=O)C=O)(C(=O)O)C(F)(F)F. The van der Waals surface area contributed by atoms with Crippen molar-refractivity contribution in [2.45, 2.75) is 18.7 Å². The average Bonchev–Trinajstić information content (AvgIpc) is 2.01. The van der Waals surface area contributed by atoms with E-state index in [0.29, 0.717) is 0 Å². The van der Waals surface area contributed by atoms with Crippen molar-refractivity contribution in [1.82, 2.24) is 0 Å². The summed E-state index contributed by atoms with van der Waals surface area (Å²) in [6.07, 6.45) is -5.84. The lowest BCUT2D eigenvalue weighted by Gasteiger charge is -2.26. The summed E-state index contributed by atoms with van der Waals surface area (Å²) < 4.78 is 39.7. The van der Waals surface area contributed by atoms with Gasteiger partial charge in [-0.05, 0) is 6.92 Å². The number of carboxylic acid groups (broad SMARTS) is 1. The Morgan fingerprint density at radius 1 is 1.36 bits per heavy atom. The van der Waals surface area contributed by atoms with Crippen LogP contribution in [0.1, 0.15) is 6.92 Å². The molecule has 14 heavy (non-hydrogen) atoms. The van der Waals surface area contributed by atoms with Crippen LogP contribution >= 0.6 is 0 Å². The lowest BCUT2D eigenvalue weighted by molar-refractivity contribution is -0.261. The number of carboxylic acids is 1. The van der Waals surface area contributed by atoms with Crippen LogP contribution in [0.15, 0.2) is 0 Å². The third kappa shape index (κ3) is 2.21. The number of aliphatic carboxylic acids is 1. The van der Waals surface area contributed by atoms with Gasteiger partial charge in [0.25, 0.3) is 5.60 Å². The largest absolute Gasteiger partial charge is 0.478 e. The summed E-state index contributed by atoms with van der Waals surface area (Å²) in [5, 5.41) is 8.20. The second kappa shape index (κ2) is 3.64. The van der Waals surface area contributed by atoms with Gasteiger partial charge in [0.05, 0.1) is 0 Å². The zero-order chi connectivity index (χ0) is 11.6. The molecule has 0 amide bonds. The molecule has 0 aliphatic carbocycles. The van der Waals surface area contributed by atoms with Gasteiger partial charge in [-0.2, -0.15) is 13.2 Å². The molecule has 80 valence electrons. The number of hydrogen-bond acceptors (Lipinski definition) is 4. The van der Waals surface area contributed by atoms with E-state index in [4.69, 9.17) is 5.11 Å². The Bertz CT molecular complexity index is 271. The number of hydrogen-bond donors (Lipinski definition) is 1. The van der Waals surface area contributed by atoms with E-state index >= 15 is 0 Å². The molecule has 0 heterocycles. The van der Waals surface area contributed by atoms with E-state index in [1.165, 1.54) is 0 Å². The molecule has 0 aliphatic heterocycles.